The van der Waals surface area contributed by atoms with E-state index in [1.807, 2.05) is 54.8 Å². The number of ether oxygens (including phenoxy) is 1. The summed E-state index contributed by atoms with van der Waals surface area (Å²) >= 11 is 8.69. The number of hydrogen-bond acceptors (Lipinski definition) is 8. The topological polar surface area (TPSA) is 83.0 Å². The molecule has 2 aromatic carbocycles. The highest BCUT2D eigenvalue weighted by Crippen LogP contribution is 2.27. The second-order valence-electron chi connectivity index (χ2n) is 6.90. The van der Waals surface area contributed by atoms with E-state index in [-0.39, 0.29) is 5.56 Å². The van der Waals surface area contributed by atoms with Gasteiger partial charge in [-0.1, -0.05) is 28.5 Å². The van der Waals surface area contributed by atoms with Crippen LogP contribution >= 0.6 is 34.7 Å². The first-order valence-electron chi connectivity index (χ1n) is 10.1. The van der Waals surface area contributed by atoms with Gasteiger partial charge < -0.3 is 9.26 Å². The van der Waals surface area contributed by atoms with Gasteiger partial charge in [0.2, 0.25) is 11.7 Å². The molecule has 0 amide bonds. The first-order valence-corrected chi connectivity index (χ1v) is 12.3. The Kier molecular flexibility index (Phi) is 6.17. The Morgan fingerprint density at radius 2 is 1.88 bits per heavy atom. The number of thiophene rings is 1. The second kappa shape index (κ2) is 9.38. The van der Waals surface area contributed by atoms with Crippen molar-refractivity contribution in [2.45, 2.75) is 17.8 Å². The van der Waals surface area contributed by atoms with Crippen molar-refractivity contribution in [3.8, 4) is 22.8 Å². The van der Waals surface area contributed by atoms with Crippen molar-refractivity contribution in [3.63, 3.8) is 0 Å². The Morgan fingerprint density at radius 3 is 2.64 bits per heavy atom. The molecule has 166 valence electrons. The first kappa shape index (κ1) is 21.7. The molecule has 0 saturated carbocycles. The van der Waals surface area contributed by atoms with Crippen LogP contribution in [0.2, 0.25) is 5.02 Å². The summed E-state index contributed by atoms with van der Waals surface area (Å²) < 4.78 is 13.2. The molecular weight excluding hydrogens is 480 g/mol. The van der Waals surface area contributed by atoms with Gasteiger partial charge in [0.05, 0.1) is 23.6 Å². The molecule has 0 atom stereocenters. The van der Waals surface area contributed by atoms with Crippen LogP contribution in [-0.4, -0.2) is 26.3 Å². The van der Waals surface area contributed by atoms with Crippen LogP contribution in [0.3, 0.4) is 0 Å². The van der Waals surface area contributed by atoms with Crippen LogP contribution in [-0.2, 0) is 5.75 Å². The Balaban J connectivity index is 1.46. The zero-order valence-electron chi connectivity index (χ0n) is 17.4. The van der Waals surface area contributed by atoms with Gasteiger partial charge in [0, 0.05) is 10.6 Å². The van der Waals surface area contributed by atoms with E-state index >= 15 is 0 Å². The number of fused-ring (bicyclic) bond motifs is 1. The summed E-state index contributed by atoms with van der Waals surface area (Å²) in [5, 5.41) is 7.10. The van der Waals surface area contributed by atoms with Crippen LogP contribution in [0.1, 0.15) is 12.8 Å². The molecule has 33 heavy (non-hydrogen) atoms. The summed E-state index contributed by atoms with van der Waals surface area (Å²) in [5.74, 6) is 2.02. The Hall–Kier alpha value is -3.14. The summed E-state index contributed by atoms with van der Waals surface area (Å²) in [7, 11) is 0. The van der Waals surface area contributed by atoms with Crippen LogP contribution in [0.25, 0.3) is 27.3 Å². The Labute approximate surface area is 202 Å². The fourth-order valence-corrected chi connectivity index (χ4v) is 4.97. The molecule has 3 aromatic heterocycles. The van der Waals surface area contributed by atoms with Crippen molar-refractivity contribution in [2.75, 3.05) is 6.61 Å². The van der Waals surface area contributed by atoms with E-state index in [9.17, 15) is 4.79 Å². The number of halogens is 1. The third kappa shape index (κ3) is 4.52. The molecule has 7 nitrogen and oxygen atoms in total. The summed E-state index contributed by atoms with van der Waals surface area (Å²) in [6.07, 6.45) is 0. The normalized spacial score (nSPS) is 11.2. The fourth-order valence-electron chi connectivity index (χ4n) is 3.23. The summed E-state index contributed by atoms with van der Waals surface area (Å²) in [5.41, 5.74) is 2.07. The molecule has 0 saturated heterocycles. The minimum absolute atomic E-state index is 0.117. The zero-order valence-corrected chi connectivity index (χ0v) is 19.8. The third-order valence-electron chi connectivity index (χ3n) is 4.75. The average Bonchev–Trinajstić information content (AvgIpc) is 3.49. The predicted molar refractivity (Wildman–Crippen MR) is 131 cm³/mol. The van der Waals surface area contributed by atoms with Crippen LogP contribution in [0.15, 0.2) is 74.5 Å². The van der Waals surface area contributed by atoms with E-state index in [4.69, 9.17) is 25.8 Å². The van der Waals surface area contributed by atoms with Gasteiger partial charge in [0.15, 0.2) is 5.16 Å². The Bertz CT molecular complexity index is 1460. The quantitative estimate of drug-likeness (QED) is 0.207. The van der Waals surface area contributed by atoms with Gasteiger partial charge in [-0.15, -0.1) is 11.3 Å². The third-order valence-corrected chi connectivity index (χ3v) is 6.82. The lowest BCUT2D eigenvalue weighted by atomic mass is 10.2. The van der Waals surface area contributed by atoms with E-state index in [0.717, 1.165) is 11.3 Å². The molecule has 5 aromatic rings. The molecule has 0 unspecified atom stereocenters. The van der Waals surface area contributed by atoms with Gasteiger partial charge in [-0.05, 0) is 66.9 Å². The molecule has 0 bridgehead atoms. The number of aromatic nitrogens is 4. The van der Waals surface area contributed by atoms with E-state index in [0.29, 0.717) is 50.2 Å². The van der Waals surface area contributed by atoms with Gasteiger partial charge in [0.25, 0.3) is 5.56 Å². The summed E-state index contributed by atoms with van der Waals surface area (Å²) in [6, 6.07) is 16.4. The minimum Gasteiger partial charge on any atom is -0.494 e. The maximum Gasteiger partial charge on any atom is 0.276 e. The van der Waals surface area contributed by atoms with Crippen molar-refractivity contribution in [1.29, 1.82) is 0 Å². The minimum atomic E-state index is -0.117. The van der Waals surface area contributed by atoms with E-state index in [1.165, 1.54) is 23.1 Å². The van der Waals surface area contributed by atoms with Crippen LogP contribution in [0, 0.1) is 0 Å². The van der Waals surface area contributed by atoms with Crippen molar-refractivity contribution in [2.24, 2.45) is 0 Å². The SMILES string of the molecule is CCOc1ccc(-n2c(SCc3nc(-c4ccc(Cl)cc4)no3)nc3ccsc3c2=O)cc1. The first-order chi connectivity index (χ1) is 16.1. The lowest BCUT2D eigenvalue weighted by molar-refractivity contribution is 0.340. The number of benzene rings is 2. The number of nitrogens with zero attached hydrogens (tertiary/aromatic N) is 4. The number of rotatable bonds is 7. The van der Waals surface area contributed by atoms with Crippen LogP contribution in [0.5, 0.6) is 5.75 Å². The zero-order chi connectivity index (χ0) is 22.8. The molecule has 0 aliphatic carbocycles. The molecule has 0 aliphatic rings. The standard InChI is InChI=1S/C23H17ClN4O3S2/c1-2-30-17-9-7-16(8-10-17)28-22(29)20-18(11-12-32-20)25-23(28)33-13-19-26-21(27-31-19)14-3-5-15(24)6-4-14/h3-12H,2,13H2,1H3. The molecular formula is C23H17ClN4O3S2. The average molecular weight is 497 g/mol. The van der Waals surface area contributed by atoms with Gasteiger partial charge in [-0.3, -0.25) is 9.36 Å². The highest BCUT2D eigenvalue weighted by atomic mass is 35.5. The maximum absolute atomic E-state index is 13.3. The highest BCUT2D eigenvalue weighted by Gasteiger charge is 2.16. The van der Waals surface area contributed by atoms with Gasteiger partial charge in [0.1, 0.15) is 10.4 Å². The van der Waals surface area contributed by atoms with E-state index < -0.39 is 0 Å². The predicted octanol–water partition coefficient (Wildman–Crippen LogP) is 5.84. The summed E-state index contributed by atoms with van der Waals surface area (Å²) in [6.45, 7) is 2.50. The Morgan fingerprint density at radius 1 is 1.09 bits per heavy atom. The maximum atomic E-state index is 13.3. The highest BCUT2D eigenvalue weighted by molar-refractivity contribution is 7.98. The molecule has 0 fully saturated rings. The van der Waals surface area contributed by atoms with Crippen LogP contribution in [0.4, 0.5) is 0 Å². The van der Waals surface area contributed by atoms with Crippen molar-refractivity contribution in [3.05, 3.63) is 81.2 Å². The smallest absolute Gasteiger partial charge is 0.276 e. The van der Waals surface area contributed by atoms with E-state index in [2.05, 4.69) is 10.1 Å². The van der Waals surface area contributed by atoms with E-state index in [1.54, 1.807) is 16.7 Å². The van der Waals surface area contributed by atoms with Crippen LogP contribution < -0.4 is 10.3 Å². The lowest BCUT2D eigenvalue weighted by Crippen LogP contribution is -2.20. The largest absolute Gasteiger partial charge is 0.494 e. The second-order valence-corrected chi connectivity index (χ2v) is 9.20. The van der Waals surface area contributed by atoms with Crippen molar-refractivity contribution >= 4 is 44.9 Å². The molecule has 0 aliphatic heterocycles. The lowest BCUT2D eigenvalue weighted by Gasteiger charge is -2.12. The monoisotopic (exact) mass is 496 g/mol. The van der Waals surface area contributed by atoms with Crippen molar-refractivity contribution < 1.29 is 9.26 Å². The van der Waals surface area contributed by atoms with Gasteiger partial charge in [-0.25, -0.2) is 4.98 Å². The molecule has 0 N–H and O–H groups in total. The molecule has 3 heterocycles. The number of thioether (sulfide) groups is 1. The summed E-state index contributed by atoms with van der Waals surface area (Å²) in [4.78, 5) is 22.5. The van der Waals surface area contributed by atoms with Gasteiger partial charge in [-0.2, -0.15) is 4.98 Å². The van der Waals surface area contributed by atoms with Crippen molar-refractivity contribution in [1.82, 2.24) is 19.7 Å². The van der Waals surface area contributed by atoms with Gasteiger partial charge >= 0.3 is 0 Å². The molecule has 10 heteroatoms. The number of hydrogen-bond donors (Lipinski definition) is 0. The fraction of sp³-hybridized carbons (Fsp3) is 0.130. The molecule has 0 spiro atoms. The molecule has 5 rings (SSSR count). The molecule has 0 radical (unpaired) electrons.